The van der Waals surface area contributed by atoms with Crippen molar-refractivity contribution in [1.29, 1.82) is 0 Å². The molecule has 114 valence electrons. The Hall–Kier alpha value is -1.41. The number of ether oxygens (including phenoxy) is 2. The minimum atomic E-state index is -2.89. The molecule has 0 saturated carbocycles. The molecule has 1 unspecified atom stereocenters. The summed E-state index contributed by atoms with van der Waals surface area (Å²) in [5.41, 5.74) is 0. The summed E-state index contributed by atoms with van der Waals surface area (Å²) < 4.78 is 21.2. The van der Waals surface area contributed by atoms with E-state index in [2.05, 4.69) is 0 Å². The molecule has 0 aliphatic carbocycles. The molecule has 1 rings (SSSR count). The molecule has 0 aromatic heterocycles. The van der Waals surface area contributed by atoms with Crippen LogP contribution in [0.25, 0.3) is 0 Å². The van der Waals surface area contributed by atoms with Gasteiger partial charge in [-0.25, -0.2) is 0 Å². The molecular weight excluding hydrogens is 284 g/mol. The Balaban J connectivity index is 3.02. The van der Waals surface area contributed by atoms with Crippen LogP contribution in [0.2, 0.25) is 12.1 Å². The number of rotatable bonds is 4. The Morgan fingerprint density at radius 3 is 2.05 bits per heavy atom. The summed E-state index contributed by atoms with van der Waals surface area (Å²) in [4.78, 5) is 33.7. The molecule has 1 heterocycles. The molecule has 1 saturated heterocycles. The van der Waals surface area contributed by atoms with Crippen molar-refractivity contribution < 1.29 is 32.7 Å². The summed E-state index contributed by atoms with van der Waals surface area (Å²) in [7, 11) is -2.89. The SMILES string of the molecule is CC[Si]1(OC(C)=O)CCCC(OC(C)=O)(OC(C)=O)O1. The van der Waals surface area contributed by atoms with Crippen LogP contribution in [-0.2, 0) is 32.7 Å². The number of esters is 2. The first kappa shape index (κ1) is 16.6. The van der Waals surface area contributed by atoms with Gasteiger partial charge in [-0.15, -0.1) is 0 Å². The first-order chi connectivity index (χ1) is 9.22. The maximum atomic E-state index is 11.2. The van der Waals surface area contributed by atoms with Crippen LogP contribution in [0.1, 0.15) is 40.5 Å². The van der Waals surface area contributed by atoms with Crippen LogP contribution in [0.3, 0.4) is 0 Å². The fourth-order valence-corrected chi connectivity index (χ4v) is 5.10. The Morgan fingerprint density at radius 1 is 1.10 bits per heavy atom. The minimum Gasteiger partial charge on any atom is -0.494 e. The second kappa shape index (κ2) is 6.36. The van der Waals surface area contributed by atoms with E-state index in [1.807, 2.05) is 6.92 Å². The minimum absolute atomic E-state index is 0.224. The Labute approximate surface area is 118 Å². The first-order valence-electron chi connectivity index (χ1n) is 6.51. The van der Waals surface area contributed by atoms with Crippen LogP contribution in [0.5, 0.6) is 0 Å². The van der Waals surface area contributed by atoms with Gasteiger partial charge < -0.3 is 18.3 Å². The van der Waals surface area contributed by atoms with Gasteiger partial charge in [0.2, 0.25) is 0 Å². The maximum absolute atomic E-state index is 11.2. The molecule has 1 fully saturated rings. The number of carbonyl (C=O) groups is 3. The predicted octanol–water partition coefficient (Wildman–Crippen LogP) is 1.60. The molecule has 0 spiro atoms. The van der Waals surface area contributed by atoms with Crippen LogP contribution in [0.15, 0.2) is 0 Å². The van der Waals surface area contributed by atoms with Gasteiger partial charge in [-0.05, 0) is 12.5 Å². The third kappa shape index (κ3) is 4.31. The predicted molar refractivity (Wildman–Crippen MR) is 69.4 cm³/mol. The Kier molecular flexibility index (Phi) is 5.29. The largest absolute Gasteiger partial charge is 0.494 e. The van der Waals surface area contributed by atoms with Crippen LogP contribution in [0, 0.1) is 0 Å². The van der Waals surface area contributed by atoms with Gasteiger partial charge in [-0.3, -0.25) is 14.4 Å². The fraction of sp³-hybridized carbons (Fsp3) is 0.750. The summed E-state index contributed by atoms with van der Waals surface area (Å²) in [5, 5.41) is 0. The van der Waals surface area contributed by atoms with Gasteiger partial charge in [-0.2, -0.15) is 0 Å². The van der Waals surface area contributed by atoms with Crippen molar-refractivity contribution in [3.63, 3.8) is 0 Å². The molecule has 1 aliphatic rings. The zero-order valence-electron chi connectivity index (χ0n) is 12.2. The molecule has 0 bridgehead atoms. The summed E-state index contributed by atoms with van der Waals surface area (Å²) in [6.07, 6.45) is 0.802. The highest BCUT2D eigenvalue weighted by Crippen LogP contribution is 2.38. The normalized spacial score (nSPS) is 24.6. The molecule has 0 radical (unpaired) electrons. The summed E-state index contributed by atoms with van der Waals surface area (Å²) in [6, 6.07) is 1.06. The van der Waals surface area contributed by atoms with E-state index in [-0.39, 0.29) is 6.42 Å². The van der Waals surface area contributed by atoms with E-state index in [4.69, 9.17) is 18.3 Å². The van der Waals surface area contributed by atoms with Crippen molar-refractivity contribution in [1.82, 2.24) is 0 Å². The lowest BCUT2D eigenvalue weighted by Gasteiger charge is -2.42. The van der Waals surface area contributed by atoms with E-state index in [0.29, 0.717) is 18.5 Å². The number of carbonyl (C=O) groups excluding carboxylic acids is 3. The zero-order chi connectivity index (χ0) is 15.4. The second-order valence-corrected chi connectivity index (χ2v) is 8.12. The van der Waals surface area contributed by atoms with Crippen molar-refractivity contribution >= 4 is 26.5 Å². The lowest BCUT2D eigenvalue weighted by Crippen LogP contribution is -2.57. The topological polar surface area (TPSA) is 88.1 Å². The molecule has 0 amide bonds. The smallest absolute Gasteiger partial charge is 0.406 e. The third-order valence-electron chi connectivity index (χ3n) is 2.85. The van der Waals surface area contributed by atoms with Crippen LogP contribution >= 0.6 is 0 Å². The highest BCUT2D eigenvalue weighted by Gasteiger charge is 2.55. The highest BCUT2D eigenvalue weighted by molar-refractivity contribution is 6.69. The fourth-order valence-electron chi connectivity index (χ4n) is 2.22. The van der Waals surface area contributed by atoms with E-state index < -0.39 is 32.4 Å². The van der Waals surface area contributed by atoms with Gasteiger partial charge in [0.15, 0.2) is 0 Å². The molecule has 0 aromatic carbocycles. The summed E-state index contributed by atoms with van der Waals surface area (Å²) in [5.74, 6) is -3.49. The molecule has 0 N–H and O–H groups in total. The van der Waals surface area contributed by atoms with Gasteiger partial charge in [0.05, 0.1) is 6.42 Å². The van der Waals surface area contributed by atoms with E-state index in [1.165, 1.54) is 20.8 Å². The summed E-state index contributed by atoms with van der Waals surface area (Å²) >= 11 is 0. The van der Waals surface area contributed by atoms with Crippen molar-refractivity contribution in [2.45, 2.75) is 58.6 Å². The van der Waals surface area contributed by atoms with Crippen LogP contribution < -0.4 is 0 Å². The lowest BCUT2D eigenvalue weighted by molar-refractivity contribution is -0.324. The van der Waals surface area contributed by atoms with E-state index >= 15 is 0 Å². The van der Waals surface area contributed by atoms with Gasteiger partial charge in [0.1, 0.15) is 0 Å². The molecule has 20 heavy (non-hydrogen) atoms. The van der Waals surface area contributed by atoms with Gasteiger partial charge in [0, 0.05) is 26.8 Å². The van der Waals surface area contributed by atoms with Crippen molar-refractivity contribution in [3.05, 3.63) is 0 Å². The van der Waals surface area contributed by atoms with E-state index in [0.717, 1.165) is 0 Å². The quantitative estimate of drug-likeness (QED) is 0.443. The van der Waals surface area contributed by atoms with Crippen LogP contribution in [0.4, 0.5) is 0 Å². The Morgan fingerprint density at radius 2 is 1.65 bits per heavy atom. The average molecular weight is 304 g/mol. The molecule has 1 atom stereocenters. The van der Waals surface area contributed by atoms with Gasteiger partial charge in [0.25, 0.3) is 5.97 Å². The third-order valence-corrected chi connectivity index (χ3v) is 6.38. The monoisotopic (exact) mass is 304 g/mol. The van der Waals surface area contributed by atoms with Crippen molar-refractivity contribution in [3.8, 4) is 0 Å². The lowest BCUT2D eigenvalue weighted by atomic mass is 10.3. The van der Waals surface area contributed by atoms with Crippen molar-refractivity contribution in [2.75, 3.05) is 0 Å². The molecular formula is C12H20O7Si. The van der Waals surface area contributed by atoms with Gasteiger partial charge >= 0.3 is 26.5 Å². The Bertz CT molecular complexity index is 393. The molecule has 7 nitrogen and oxygen atoms in total. The first-order valence-corrected chi connectivity index (χ1v) is 8.74. The van der Waals surface area contributed by atoms with Crippen molar-refractivity contribution in [2.24, 2.45) is 0 Å². The number of hydrogen-bond donors (Lipinski definition) is 0. The molecule has 0 aromatic rings. The average Bonchev–Trinajstić information content (AvgIpc) is 2.25. The maximum Gasteiger partial charge on any atom is 0.406 e. The van der Waals surface area contributed by atoms with Crippen LogP contribution in [-0.4, -0.2) is 32.4 Å². The molecule has 1 aliphatic heterocycles. The second-order valence-electron chi connectivity index (χ2n) is 4.68. The van der Waals surface area contributed by atoms with Gasteiger partial charge in [-0.1, -0.05) is 6.92 Å². The number of hydrogen-bond acceptors (Lipinski definition) is 7. The zero-order valence-corrected chi connectivity index (χ0v) is 13.2. The van der Waals surface area contributed by atoms with E-state index in [1.54, 1.807) is 0 Å². The molecule has 8 heteroatoms. The summed E-state index contributed by atoms with van der Waals surface area (Å²) in [6.45, 7) is 5.52. The van der Waals surface area contributed by atoms with E-state index in [9.17, 15) is 14.4 Å². The highest BCUT2D eigenvalue weighted by atomic mass is 28.4. The standard InChI is InChI=1S/C12H20O7Si/c1-5-20(18-11(4)15)8-6-7-12(19-20,16-9(2)13)17-10(3)14/h5-8H2,1-4H3.